The minimum Gasteiger partial charge on any atom is -0.352 e. The van der Waals surface area contributed by atoms with Crippen LogP contribution in [0.2, 0.25) is 0 Å². The predicted octanol–water partition coefficient (Wildman–Crippen LogP) is 3.36. The summed E-state index contributed by atoms with van der Waals surface area (Å²) in [5.74, 6) is -0.631. The third-order valence-electron chi connectivity index (χ3n) is 4.11. The van der Waals surface area contributed by atoms with Crippen LogP contribution in [-0.2, 0) is 16.1 Å². The lowest BCUT2D eigenvalue weighted by molar-refractivity contribution is -0.127. The molecule has 1 aliphatic heterocycles. The van der Waals surface area contributed by atoms with Gasteiger partial charge in [0.15, 0.2) is 0 Å². The summed E-state index contributed by atoms with van der Waals surface area (Å²) in [6.45, 7) is 4.30. The van der Waals surface area contributed by atoms with E-state index in [1.807, 2.05) is 55.5 Å². The summed E-state index contributed by atoms with van der Waals surface area (Å²) in [7, 11) is 0. The van der Waals surface area contributed by atoms with E-state index in [1.54, 1.807) is 6.92 Å². The molecule has 124 valence electrons. The van der Waals surface area contributed by atoms with Gasteiger partial charge in [0, 0.05) is 11.4 Å². The molecule has 0 aliphatic carbocycles. The third kappa shape index (κ3) is 3.62. The number of amides is 2. The first-order valence-electron chi connectivity index (χ1n) is 7.94. The molecule has 0 spiro atoms. The number of hydrogen-bond donors (Lipinski definition) is 2. The van der Waals surface area contributed by atoms with Crippen molar-refractivity contribution >= 4 is 29.3 Å². The van der Waals surface area contributed by atoms with Crippen molar-refractivity contribution in [2.24, 2.45) is 5.92 Å². The lowest BCUT2D eigenvalue weighted by atomic mass is 10.1. The SMILES string of the molecule is Cc1ccc(CNC(=O)C(C)C2Sc3ccccc3NC2=O)cc1. The molecule has 2 aromatic carbocycles. The minimum absolute atomic E-state index is 0.109. The highest BCUT2D eigenvalue weighted by Gasteiger charge is 2.34. The van der Waals surface area contributed by atoms with Gasteiger partial charge in [-0.25, -0.2) is 0 Å². The molecular formula is C19H20N2O2S. The molecule has 2 unspecified atom stereocenters. The standard InChI is InChI=1S/C19H20N2O2S/c1-12-7-9-14(10-8-12)11-20-18(22)13(2)17-19(23)21-15-5-3-4-6-16(15)24-17/h3-10,13,17H,11H2,1-2H3,(H,20,22)(H,21,23). The van der Waals surface area contributed by atoms with Gasteiger partial charge in [0.1, 0.15) is 0 Å². The molecule has 1 heterocycles. The minimum atomic E-state index is -0.419. The van der Waals surface area contributed by atoms with Crippen LogP contribution < -0.4 is 10.6 Å². The Morgan fingerprint density at radius 3 is 2.67 bits per heavy atom. The molecule has 0 radical (unpaired) electrons. The first kappa shape index (κ1) is 16.6. The number of hydrogen-bond acceptors (Lipinski definition) is 3. The Kier molecular flexibility index (Phi) is 4.90. The van der Waals surface area contributed by atoms with E-state index in [2.05, 4.69) is 10.6 Å². The number of carbonyl (C=O) groups is 2. The molecular weight excluding hydrogens is 320 g/mol. The fourth-order valence-electron chi connectivity index (χ4n) is 2.59. The van der Waals surface area contributed by atoms with Crippen LogP contribution in [0.3, 0.4) is 0 Å². The number of fused-ring (bicyclic) bond motifs is 1. The van der Waals surface area contributed by atoms with Gasteiger partial charge < -0.3 is 10.6 Å². The molecule has 0 saturated carbocycles. The van der Waals surface area contributed by atoms with Crippen molar-refractivity contribution in [2.45, 2.75) is 30.5 Å². The van der Waals surface area contributed by atoms with E-state index in [0.717, 1.165) is 16.1 Å². The maximum Gasteiger partial charge on any atom is 0.238 e. The molecule has 2 aromatic rings. The highest BCUT2D eigenvalue weighted by Crippen LogP contribution is 2.38. The quantitative estimate of drug-likeness (QED) is 0.897. The van der Waals surface area contributed by atoms with Crippen LogP contribution in [0.4, 0.5) is 5.69 Å². The van der Waals surface area contributed by atoms with Crippen LogP contribution in [0.1, 0.15) is 18.1 Å². The number of carbonyl (C=O) groups excluding carboxylic acids is 2. The van der Waals surface area contributed by atoms with Crippen molar-refractivity contribution in [3.63, 3.8) is 0 Å². The van der Waals surface area contributed by atoms with E-state index in [-0.39, 0.29) is 11.8 Å². The molecule has 0 saturated heterocycles. The number of nitrogens with one attached hydrogen (secondary N) is 2. The lowest BCUT2D eigenvalue weighted by Gasteiger charge is -2.27. The van der Waals surface area contributed by atoms with Crippen molar-refractivity contribution < 1.29 is 9.59 Å². The maximum atomic E-state index is 12.4. The van der Waals surface area contributed by atoms with Gasteiger partial charge in [-0.3, -0.25) is 9.59 Å². The average molecular weight is 340 g/mol. The van der Waals surface area contributed by atoms with Gasteiger partial charge in [-0.05, 0) is 24.6 Å². The molecule has 0 fully saturated rings. The van der Waals surface area contributed by atoms with Gasteiger partial charge in [0.2, 0.25) is 11.8 Å². The summed E-state index contributed by atoms with van der Waals surface area (Å²) >= 11 is 1.45. The van der Waals surface area contributed by atoms with E-state index in [1.165, 1.54) is 17.3 Å². The highest BCUT2D eigenvalue weighted by atomic mass is 32.2. The van der Waals surface area contributed by atoms with E-state index in [4.69, 9.17) is 0 Å². The van der Waals surface area contributed by atoms with Gasteiger partial charge in [0.05, 0.1) is 16.9 Å². The van der Waals surface area contributed by atoms with E-state index in [0.29, 0.717) is 6.54 Å². The number of rotatable bonds is 4. The summed E-state index contributed by atoms with van der Waals surface area (Å²) in [6.07, 6.45) is 0. The second-order valence-electron chi connectivity index (χ2n) is 6.02. The van der Waals surface area contributed by atoms with Crippen LogP contribution in [0.25, 0.3) is 0 Å². The van der Waals surface area contributed by atoms with Crippen LogP contribution in [-0.4, -0.2) is 17.1 Å². The molecule has 0 aromatic heterocycles. The van der Waals surface area contributed by atoms with Crippen molar-refractivity contribution in [2.75, 3.05) is 5.32 Å². The van der Waals surface area contributed by atoms with Gasteiger partial charge >= 0.3 is 0 Å². The summed E-state index contributed by atoms with van der Waals surface area (Å²) in [6, 6.07) is 15.7. The predicted molar refractivity (Wildman–Crippen MR) is 96.9 cm³/mol. The smallest absolute Gasteiger partial charge is 0.238 e. The molecule has 0 bridgehead atoms. The number of para-hydroxylation sites is 1. The van der Waals surface area contributed by atoms with Gasteiger partial charge in [-0.1, -0.05) is 48.9 Å². The zero-order chi connectivity index (χ0) is 17.1. The van der Waals surface area contributed by atoms with Crippen molar-refractivity contribution in [1.29, 1.82) is 0 Å². The lowest BCUT2D eigenvalue weighted by Crippen LogP contribution is -2.41. The average Bonchev–Trinajstić information content (AvgIpc) is 2.59. The summed E-state index contributed by atoms with van der Waals surface area (Å²) in [5.41, 5.74) is 3.05. The fraction of sp³-hybridized carbons (Fsp3) is 0.263. The maximum absolute atomic E-state index is 12.4. The zero-order valence-electron chi connectivity index (χ0n) is 13.7. The van der Waals surface area contributed by atoms with Crippen molar-refractivity contribution in [3.8, 4) is 0 Å². The van der Waals surface area contributed by atoms with E-state index < -0.39 is 11.2 Å². The largest absolute Gasteiger partial charge is 0.352 e. The summed E-state index contributed by atoms with van der Waals surface area (Å²) in [4.78, 5) is 25.7. The van der Waals surface area contributed by atoms with E-state index >= 15 is 0 Å². The van der Waals surface area contributed by atoms with Gasteiger partial charge in [-0.15, -0.1) is 11.8 Å². The Hall–Kier alpha value is -2.27. The molecule has 24 heavy (non-hydrogen) atoms. The Morgan fingerprint density at radius 2 is 1.92 bits per heavy atom. The van der Waals surface area contributed by atoms with Gasteiger partial charge in [-0.2, -0.15) is 0 Å². The second-order valence-corrected chi connectivity index (χ2v) is 7.20. The van der Waals surface area contributed by atoms with E-state index in [9.17, 15) is 9.59 Å². The third-order valence-corrected chi connectivity index (χ3v) is 5.60. The Labute approximate surface area is 146 Å². The molecule has 4 nitrogen and oxygen atoms in total. The molecule has 2 N–H and O–H groups in total. The highest BCUT2D eigenvalue weighted by molar-refractivity contribution is 8.01. The van der Waals surface area contributed by atoms with Gasteiger partial charge in [0.25, 0.3) is 0 Å². The Morgan fingerprint density at radius 1 is 1.21 bits per heavy atom. The summed E-state index contributed by atoms with van der Waals surface area (Å²) < 4.78 is 0. The second kappa shape index (κ2) is 7.09. The number of aryl methyl sites for hydroxylation is 1. The number of thioether (sulfide) groups is 1. The van der Waals surface area contributed by atoms with Crippen LogP contribution in [0, 0.1) is 12.8 Å². The fourth-order valence-corrected chi connectivity index (χ4v) is 3.76. The topological polar surface area (TPSA) is 58.2 Å². The Bertz CT molecular complexity index is 758. The first-order chi connectivity index (χ1) is 11.5. The van der Waals surface area contributed by atoms with Crippen molar-refractivity contribution in [1.82, 2.24) is 5.32 Å². The van der Waals surface area contributed by atoms with Crippen molar-refractivity contribution in [3.05, 3.63) is 59.7 Å². The zero-order valence-corrected chi connectivity index (χ0v) is 14.5. The van der Waals surface area contributed by atoms with Crippen LogP contribution in [0.5, 0.6) is 0 Å². The molecule has 3 rings (SSSR count). The van der Waals surface area contributed by atoms with Crippen LogP contribution in [0.15, 0.2) is 53.4 Å². The monoisotopic (exact) mass is 340 g/mol. The molecule has 5 heteroatoms. The Balaban J connectivity index is 1.63. The number of anilines is 1. The molecule has 1 aliphatic rings. The molecule has 2 amide bonds. The van der Waals surface area contributed by atoms with Crippen LogP contribution >= 0.6 is 11.8 Å². The molecule has 2 atom stereocenters. The summed E-state index contributed by atoms with van der Waals surface area (Å²) in [5, 5.41) is 5.40. The number of benzene rings is 2. The first-order valence-corrected chi connectivity index (χ1v) is 8.82. The normalized spacial score (nSPS) is 17.6.